The standard InChI is InChI=1S/C10H7NO2/c12-7-10-9(3-5-13-10)8-2-1-4-11-6-8/h1-7H. The molecule has 13 heavy (non-hydrogen) atoms. The van der Waals surface area contributed by atoms with Gasteiger partial charge in [0.15, 0.2) is 12.0 Å². The van der Waals surface area contributed by atoms with Crippen molar-refractivity contribution < 1.29 is 9.21 Å². The van der Waals surface area contributed by atoms with Crippen molar-refractivity contribution in [1.29, 1.82) is 0 Å². The second kappa shape index (κ2) is 3.23. The molecule has 0 aliphatic rings. The van der Waals surface area contributed by atoms with Gasteiger partial charge < -0.3 is 4.42 Å². The van der Waals surface area contributed by atoms with Gasteiger partial charge in [0, 0.05) is 23.5 Å². The van der Waals surface area contributed by atoms with E-state index in [-0.39, 0.29) is 0 Å². The first-order valence-corrected chi connectivity index (χ1v) is 3.85. The molecule has 0 radical (unpaired) electrons. The first-order chi connectivity index (χ1) is 6.42. The molecular weight excluding hydrogens is 166 g/mol. The van der Waals surface area contributed by atoms with Crippen molar-refractivity contribution in [3.8, 4) is 11.1 Å². The lowest BCUT2D eigenvalue weighted by Gasteiger charge is -1.95. The Balaban J connectivity index is 2.52. The quantitative estimate of drug-likeness (QED) is 0.653. The zero-order valence-electron chi connectivity index (χ0n) is 6.81. The van der Waals surface area contributed by atoms with E-state index >= 15 is 0 Å². The molecule has 0 N–H and O–H groups in total. The van der Waals surface area contributed by atoms with Gasteiger partial charge in [-0.2, -0.15) is 0 Å². The fourth-order valence-corrected chi connectivity index (χ4v) is 1.17. The highest BCUT2D eigenvalue weighted by Gasteiger charge is 2.06. The summed E-state index contributed by atoms with van der Waals surface area (Å²) in [5, 5.41) is 0. The summed E-state index contributed by atoms with van der Waals surface area (Å²) < 4.78 is 4.97. The lowest BCUT2D eigenvalue weighted by atomic mass is 10.1. The molecule has 0 unspecified atom stereocenters. The van der Waals surface area contributed by atoms with Crippen LogP contribution < -0.4 is 0 Å². The third kappa shape index (κ3) is 1.36. The Kier molecular flexibility index (Phi) is 1.92. The maximum absolute atomic E-state index is 10.5. The van der Waals surface area contributed by atoms with Crippen molar-refractivity contribution in [2.24, 2.45) is 0 Å². The molecule has 64 valence electrons. The number of hydrogen-bond donors (Lipinski definition) is 0. The molecule has 2 heterocycles. The molecule has 0 atom stereocenters. The van der Waals surface area contributed by atoms with Crippen LogP contribution in [-0.2, 0) is 0 Å². The van der Waals surface area contributed by atoms with E-state index in [9.17, 15) is 4.79 Å². The van der Waals surface area contributed by atoms with E-state index in [0.29, 0.717) is 12.0 Å². The minimum atomic E-state index is 0.341. The molecule has 0 spiro atoms. The number of aromatic nitrogens is 1. The molecule has 2 aromatic rings. The van der Waals surface area contributed by atoms with Gasteiger partial charge in [-0.15, -0.1) is 0 Å². The van der Waals surface area contributed by atoms with E-state index in [1.54, 1.807) is 18.5 Å². The van der Waals surface area contributed by atoms with E-state index in [2.05, 4.69) is 4.98 Å². The fraction of sp³-hybridized carbons (Fsp3) is 0. The topological polar surface area (TPSA) is 43.1 Å². The summed E-state index contributed by atoms with van der Waals surface area (Å²) >= 11 is 0. The Morgan fingerprint density at radius 1 is 1.38 bits per heavy atom. The van der Waals surface area contributed by atoms with Gasteiger partial charge in [0.2, 0.25) is 0 Å². The Morgan fingerprint density at radius 3 is 3.00 bits per heavy atom. The molecule has 0 bridgehead atoms. The number of nitrogens with zero attached hydrogens (tertiary/aromatic N) is 1. The maximum Gasteiger partial charge on any atom is 0.185 e. The van der Waals surface area contributed by atoms with Crippen molar-refractivity contribution in [3.05, 3.63) is 42.6 Å². The summed E-state index contributed by atoms with van der Waals surface area (Å²) in [4.78, 5) is 14.5. The van der Waals surface area contributed by atoms with Gasteiger partial charge in [0.1, 0.15) is 0 Å². The lowest BCUT2D eigenvalue weighted by molar-refractivity contribution is 0.110. The van der Waals surface area contributed by atoms with E-state index in [1.807, 2.05) is 12.1 Å². The summed E-state index contributed by atoms with van der Waals surface area (Å²) in [5.74, 6) is 0.341. The van der Waals surface area contributed by atoms with Crippen LogP contribution in [0.15, 0.2) is 41.3 Å². The van der Waals surface area contributed by atoms with Gasteiger partial charge in [0.25, 0.3) is 0 Å². The van der Waals surface area contributed by atoms with Gasteiger partial charge in [0.05, 0.1) is 6.26 Å². The lowest BCUT2D eigenvalue weighted by Crippen LogP contribution is -1.81. The second-order valence-electron chi connectivity index (χ2n) is 2.56. The number of furan rings is 1. The van der Waals surface area contributed by atoms with Gasteiger partial charge in [-0.1, -0.05) is 6.07 Å². The normalized spacial score (nSPS) is 9.85. The van der Waals surface area contributed by atoms with Crippen molar-refractivity contribution >= 4 is 6.29 Å². The Bertz CT molecular complexity index is 406. The second-order valence-corrected chi connectivity index (χ2v) is 2.56. The smallest absolute Gasteiger partial charge is 0.185 e. The first kappa shape index (κ1) is 7.73. The van der Waals surface area contributed by atoms with Crippen LogP contribution in [0, 0.1) is 0 Å². The maximum atomic E-state index is 10.5. The summed E-state index contributed by atoms with van der Waals surface area (Å²) in [7, 11) is 0. The monoisotopic (exact) mass is 173 g/mol. The zero-order valence-corrected chi connectivity index (χ0v) is 6.81. The van der Waals surface area contributed by atoms with E-state index in [0.717, 1.165) is 11.1 Å². The summed E-state index contributed by atoms with van der Waals surface area (Å²) in [5.41, 5.74) is 1.67. The van der Waals surface area contributed by atoms with E-state index in [1.165, 1.54) is 6.26 Å². The molecule has 0 amide bonds. The van der Waals surface area contributed by atoms with Crippen LogP contribution in [-0.4, -0.2) is 11.3 Å². The minimum Gasteiger partial charge on any atom is -0.461 e. The molecule has 0 aliphatic heterocycles. The van der Waals surface area contributed by atoms with Crippen LogP contribution in [0.25, 0.3) is 11.1 Å². The van der Waals surface area contributed by atoms with Gasteiger partial charge in [-0.05, 0) is 12.1 Å². The number of carbonyl (C=O) groups excluding carboxylic acids is 1. The zero-order chi connectivity index (χ0) is 9.10. The Morgan fingerprint density at radius 2 is 2.31 bits per heavy atom. The fourth-order valence-electron chi connectivity index (χ4n) is 1.17. The highest BCUT2D eigenvalue weighted by molar-refractivity contribution is 5.83. The third-order valence-corrected chi connectivity index (χ3v) is 1.77. The molecule has 2 rings (SSSR count). The SMILES string of the molecule is O=Cc1occc1-c1cccnc1. The van der Waals surface area contributed by atoms with Crippen LogP contribution >= 0.6 is 0 Å². The number of carbonyl (C=O) groups is 1. The van der Waals surface area contributed by atoms with E-state index in [4.69, 9.17) is 4.42 Å². The molecule has 0 fully saturated rings. The Hall–Kier alpha value is -1.90. The molecule has 3 nitrogen and oxygen atoms in total. The molecular formula is C10H7NO2. The van der Waals surface area contributed by atoms with Gasteiger partial charge in [-0.25, -0.2) is 0 Å². The average molecular weight is 173 g/mol. The predicted molar refractivity (Wildman–Crippen MR) is 47.3 cm³/mol. The molecule has 0 saturated carbocycles. The van der Waals surface area contributed by atoms with Crippen molar-refractivity contribution in [2.75, 3.05) is 0 Å². The Labute approximate surface area is 75.0 Å². The van der Waals surface area contributed by atoms with Crippen LogP contribution in [0.3, 0.4) is 0 Å². The average Bonchev–Trinajstić information content (AvgIpc) is 2.67. The minimum absolute atomic E-state index is 0.341. The summed E-state index contributed by atoms with van der Waals surface area (Å²) in [6.45, 7) is 0. The summed E-state index contributed by atoms with van der Waals surface area (Å²) in [6, 6.07) is 5.45. The molecule has 0 aromatic carbocycles. The third-order valence-electron chi connectivity index (χ3n) is 1.77. The van der Waals surface area contributed by atoms with Crippen molar-refractivity contribution in [1.82, 2.24) is 4.98 Å². The molecule has 0 saturated heterocycles. The van der Waals surface area contributed by atoms with Crippen molar-refractivity contribution in [3.63, 3.8) is 0 Å². The number of pyridine rings is 1. The van der Waals surface area contributed by atoms with Crippen molar-refractivity contribution in [2.45, 2.75) is 0 Å². The molecule has 2 aromatic heterocycles. The first-order valence-electron chi connectivity index (χ1n) is 3.85. The molecule has 0 aliphatic carbocycles. The highest BCUT2D eigenvalue weighted by atomic mass is 16.3. The number of aldehydes is 1. The number of hydrogen-bond acceptors (Lipinski definition) is 3. The van der Waals surface area contributed by atoms with Crippen LogP contribution in [0.1, 0.15) is 10.6 Å². The van der Waals surface area contributed by atoms with E-state index < -0.39 is 0 Å². The largest absolute Gasteiger partial charge is 0.461 e. The van der Waals surface area contributed by atoms with Crippen LogP contribution in [0.5, 0.6) is 0 Å². The van der Waals surface area contributed by atoms with Crippen LogP contribution in [0.2, 0.25) is 0 Å². The summed E-state index contributed by atoms with van der Waals surface area (Å²) in [6.07, 6.45) is 5.57. The predicted octanol–water partition coefficient (Wildman–Crippen LogP) is 2.15. The van der Waals surface area contributed by atoms with Crippen LogP contribution in [0.4, 0.5) is 0 Å². The molecule has 3 heteroatoms. The van der Waals surface area contributed by atoms with Gasteiger partial charge in [-0.3, -0.25) is 9.78 Å². The highest BCUT2D eigenvalue weighted by Crippen LogP contribution is 2.22. The van der Waals surface area contributed by atoms with Gasteiger partial charge >= 0.3 is 0 Å². The number of rotatable bonds is 2.